The average molecular weight is 216 g/mol. The number of rotatable bonds is 2. The molecule has 0 unspecified atom stereocenters. The van der Waals surface area contributed by atoms with Gasteiger partial charge in [0.1, 0.15) is 5.82 Å². The molecule has 1 aliphatic rings. The van der Waals surface area contributed by atoms with Gasteiger partial charge in [0.2, 0.25) is 0 Å². The number of nitrogens with two attached hydrogens (primary N) is 1. The Labute approximate surface area is 94.5 Å². The Bertz CT molecular complexity index is 537. The van der Waals surface area contributed by atoms with Crippen molar-refractivity contribution in [3.8, 4) is 0 Å². The molecule has 2 aromatic heterocycles. The van der Waals surface area contributed by atoms with Crippen LogP contribution in [-0.2, 0) is 5.54 Å². The first kappa shape index (κ1) is 9.78. The lowest BCUT2D eigenvalue weighted by atomic mass is 10.1. The molecule has 84 valence electrons. The van der Waals surface area contributed by atoms with Gasteiger partial charge in [-0.05, 0) is 30.5 Å². The maximum atomic E-state index is 6.17. The summed E-state index contributed by atoms with van der Waals surface area (Å²) in [5.41, 5.74) is 8.16. The summed E-state index contributed by atoms with van der Waals surface area (Å²) in [5.74, 6) is 1.39. The number of pyridine rings is 1. The molecule has 0 amide bonds. The van der Waals surface area contributed by atoms with E-state index in [4.69, 9.17) is 5.73 Å². The highest BCUT2D eigenvalue weighted by Crippen LogP contribution is 2.42. The van der Waals surface area contributed by atoms with E-state index < -0.39 is 0 Å². The summed E-state index contributed by atoms with van der Waals surface area (Å²) in [7, 11) is 0. The number of hydrogen-bond donors (Lipinski definition) is 1. The van der Waals surface area contributed by atoms with Crippen molar-refractivity contribution in [1.82, 2.24) is 14.6 Å². The summed E-state index contributed by atoms with van der Waals surface area (Å²) in [6.45, 7) is 4.24. The molecule has 1 aliphatic carbocycles. The molecule has 3 rings (SSSR count). The van der Waals surface area contributed by atoms with Crippen LogP contribution < -0.4 is 5.73 Å². The largest absolute Gasteiger partial charge is 0.321 e. The molecule has 16 heavy (non-hydrogen) atoms. The molecule has 2 aromatic rings. The zero-order valence-electron chi connectivity index (χ0n) is 9.64. The molecule has 4 heteroatoms. The highest BCUT2D eigenvalue weighted by molar-refractivity contribution is 5.45. The highest BCUT2D eigenvalue weighted by atomic mass is 15.2. The minimum Gasteiger partial charge on any atom is -0.321 e. The van der Waals surface area contributed by atoms with Crippen molar-refractivity contribution in [3.05, 3.63) is 29.7 Å². The molecule has 1 saturated carbocycles. The lowest BCUT2D eigenvalue weighted by Gasteiger charge is -2.09. The summed E-state index contributed by atoms with van der Waals surface area (Å²) >= 11 is 0. The van der Waals surface area contributed by atoms with Crippen molar-refractivity contribution in [2.24, 2.45) is 5.73 Å². The molecule has 0 aromatic carbocycles. The molecule has 2 N–H and O–H groups in total. The van der Waals surface area contributed by atoms with E-state index in [-0.39, 0.29) is 5.54 Å². The van der Waals surface area contributed by atoms with E-state index in [1.165, 1.54) is 5.56 Å². The fourth-order valence-corrected chi connectivity index (χ4v) is 2.04. The summed E-state index contributed by atoms with van der Waals surface area (Å²) in [5, 5.41) is 8.41. The summed E-state index contributed by atoms with van der Waals surface area (Å²) in [6.07, 6.45) is 4.19. The Morgan fingerprint density at radius 1 is 1.38 bits per heavy atom. The van der Waals surface area contributed by atoms with Crippen LogP contribution in [0.2, 0.25) is 0 Å². The average Bonchev–Trinajstić information content (AvgIpc) is 2.87. The maximum absolute atomic E-state index is 6.17. The second-order valence-electron chi connectivity index (χ2n) is 5.01. The van der Waals surface area contributed by atoms with E-state index in [2.05, 4.69) is 36.2 Å². The predicted molar refractivity (Wildman–Crippen MR) is 62.2 cm³/mol. The number of aromatic nitrogens is 3. The van der Waals surface area contributed by atoms with Crippen LogP contribution in [0.1, 0.15) is 44.0 Å². The lowest BCUT2D eigenvalue weighted by molar-refractivity contribution is 0.733. The molecular weight excluding hydrogens is 200 g/mol. The van der Waals surface area contributed by atoms with Gasteiger partial charge >= 0.3 is 0 Å². The van der Waals surface area contributed by atoms with E-state index in [1.807, 2.05) is 10.6 Å². The number of nitrogens with zero attached hydrogens (tertiary/aromatic N) is 3. The summed E-state index contributed by atoms with van der Waals surface area (Å²) < 4.78 is 2.04. The third-order valence-corrected chi connectivity index (χ3v) is 3.32. The van der Waals surface area contributed by atoms with E-state index >= 15 is 0 Å². The zero-order valence-corrected chi connectivity index (χ0v) is 9.64. The van der Waals surface area contributed by atoms with Gasteiger partial charge in [-0.3, -0.25) is 4.40 Å². The van der Waals surface area contributed by atoms with Gasteiger partial charge in [0, 0.05) is 17.7 Å². The highest BCUT2D eigenvalue weighted by Gasteiger charge is 2.40. The van der Waals surface area contributed by atoms with E-state index in [0.29, 0.717) is 5.92 Å². The van der Waals surface area contributed by atoms with Crippen molar-refractivity contribution in [2.45, 2.75) is 38.1 Å². The second-order valence-corrected chi connectivity index (χ2v) is 5.01. The Hall–Kier alpha value is -1.42. The third-order valence-electron chi connectivity index (χ3n) is 3.32. The van der Waals surface area contributed by atoms with Gasteiger partial charge in [0.25, 0.3) is 0 Å². The first-order chi connectivity index (χ1) is 7.60. The third kappa shape index (κ3) is 1.33. The Kier molecular flexibility index (Phi) is 1.86. The Morgan fingerprint density at radius 2 is 2.12 bits per heavy atom. The van der Waals surface area contributed by atoms with Crippen molar-refractivity contribution in [3.63, 3.8) is 0 Å². The van der Waals surface area contributed by atoms with Gasteiger partial charge < -0.3 is 5.73 Å². The quantitative estimate of drug-likeness (QED) is 0.832. The SMILES string of the molecule is CC(C)c1nnc2cc(C3(N)CC3)ccn12. The predicted octanol–water partition coefficient (Wildman–Crippen LogP) is 1.80. The number of fused-ring (bicyclic) bond motifs is 1. The van der Waals surface area contributed by atoms with Crippen molar-refractivity contribution in [1.29, 1.82) is 0 Å². The molecule has 0 atom stereocenters. The molecule has 2 heterocycles. The van der Waals surface area contributed by atoms with E-state index in [9.17, 15) is 0 Å². The molecular formula is C12H16N4. The second kappa shape index (κ2) is 3.04. The maximum Gasteiger partial charge on any atom is 0.161 e. The smallest absolute Gasteiger partial charge is 0.161 e. The van der Waals surface area contributed by atoms with Gasteiger partial charge in [0.05, 0.1) is 0 Å². The molecule has 0 aliphatic heterocycles. The first-order valence-corrected chi connectivity index (χ1v) is 5.74. The first-order valence-electron chi connectivity index (χ1n) is 5.74. The van der Waals surface area contributed by atoms with Crippen LogP contribution >= 0.6 is 0 Å². The Morgan fingerprint density at radius 3 is 2.75 bits per heavy atom. The molecule has 0 spiro atoms. The van der Waals surface area contributed by atoms with Gasteiger partial charge in [-0.15, -0.1) is 10.2 Å². The van der Waals surface area contributed by atoms with Crippen LogP contribution in [0.15, 0.2) is 18.3 Å². The topological polar surface area (TPSA) is 56.2 Å². The van der Waals surface area contributed by atoms with Crippen LogP contribution in [0.5, 0.6) is 0 Å². The van der Waals surface area contributed by atoms with Gasteiger partial charge in [-0.1, -0.05) is 13.8 Å². The van der Waals surface area contributed by atoms with Crippen LogP contribution in [-0.4, -0.2) is 14.6 Å². The van der Waals surface area contributed by atoms with Crippen molar-refractivity contribution < 1.29 is 0 Å². The van der Waals surface area contributed by atoms with Crippen molar-refractivity contribution >= 4 is 5.65 Å². The van der Waals surface area contributed by atoms with E-state index in [0.717, 1.165) is 24.3 Å². The van der Waals surface area contributed by atoms with E-state index in [1.54, 1.807) is 0 Å². The van der Waals surface area contributed by atoms with Crippen LogP contribution in [0, 0.1) is 0 Å². The standard InChI is InChI=1S/C12H16N4/c1-8(2)11-15-14-10-7-9(3-6-16(10)11)12(13)4-5-12/h3,6-8H,4-5,13H2,1-2H3. The van der Waals surface area contributed by atoms with Crippen LogP contribution in [0.4, 0.5) is 0 Å². The van der Waals surface area contributed by atoms with Crippen LogP contribution in [0.3, 0.4) is 0 Å². The molecule has 4 nitrogen and oxygen atoms in total. The van der Waals surface area contributed by atoms with Gasteiger partial charge in [-0.2, -0.15) is 0 Å². The molecule has 0 radical (unpaired) electrons. The normalized spacial score (nSPS) is 18.2. The van der Waals surface area contributed by atoms with Crippen molar-refractivity contribution in [2.75, 3.05) is 0 Å². The monoisotopic (exact) mass is 216 g/mol. The van der Waals surface area contributed by atoms with Gasteiger partial charge in [-0.25, -0.2) is 0 Å². The summed E-state index contributed by atoms with van der Waals surface area (Å²) in [6, 6.07) is 4.15. The van der Waals surface area contributed by atoms with Crippen LogP contribution in [0.25, 0.3) is 5.65 Å². The minimum absolute atomic E-state index is 0.0916. The fraction of sp³-hybridized carbons (Fsp3) is 0.500. The lowest BCUT2D eigenvalue weighted by Crippen LogP contribution is -2.18. The fourth-order valence-electron chi connectivity index (χ4n) is 2.04. The zero-order chi connectivity index (χ0) is 11.3. The molecule has 0 saturated heterocycles. The summed E-state index contributed by atoms with van der Waals surface area (Å²) in [4.78, 5) is 0. The molecule has 1 fully saturated rings. The Balaban J connectivity index is 2.13. The molecule has 0 bridgehead atoms. The van der Waals surface area contributed by atoms with Gasteiger partial charge in [0.15, 0.2) is 5.65 Å². The number of hydrogen-bond acceptors (Lipinski definition) is 3. The minimum atomic E-state index is -0.0916.